The molecule has 1 nitrogen and oxygen atoms in total. The van der Waals surface area contributed by atoms with E-state index in [9.17, 15) is 5.11 Å². The molecule has 1 unspecified atom stereocenters. The molecule has 0 bridgehead atoms. The smallest absolute Gasteiger partial charge is 0.0571 e. The second-order valence-electron chi connectivity index (χ2n) is 6.06. The van der Waals surface area contributed by atoms with E-state index in [1.807, 2.05) is 0 Å². The molecule has 0 amide bonds. The van der Waals surface area contributed by atoms with Crippen LogP contribution in [0.5, 0.6) is 0 Å². The van der Waals surface area contributed by atoms with Gasteiger partial charge in [0.25, 0.3) is 0 Å². The van der Waals surface area contributed by atoms with Crippen LogP contribution in [0.2, 0.25) is 0 Å². The van der Waals surface area contributed by atoms with Crippen LogP contribution in [0.15, 0.2) is 30.3 Å². The number of rotatable bonds is 7. The zero-order valence-electron chi connectivity index (χ0n) is 12.2. The third kappa shape index (κ3) is 4.35. The van der Waals surface area contributed by atoms with Crippen molar-refractivity contribution in [1.82, 2.24) is 0 Å². The largest absolute Gasteiger partial charge is 0.393 e. The summed E-state index contributed by atoms with van der Waals surface area (Å²) >= 11 is 0. The van der Waals surface area contributed by atoms with Crippen LogP contribution in [0, 0.1) is 11.8 Å². The van der Waals surface area contributed by atoms with Gasteiger partial charge in [-0.2, -0.15) is 0 Å². The van der Waals surface area contributed by atoms with Crippen molar-refractivity contribution in [1.29, 1.82) is 0 Å². The molecule has 3 atom stereocenters. The monoisotopic (exact) mass is 260 g/mol. The molecule has 106 valence electrons. The molecule has 2 rings (SSSR count). The number of hydrogen-bond donors (Lipinski definition) is 1. The van der Waals surface area contributed by atoms with Gasteiger partial charge in [-0.1, -0.05) is 62.9 Å². The Hall–Kier alpha value is -0.820. The summed E-state index contributed by atoms with van der Waals surface area (Å²) in [6.07, 6.45) is 9.92. The zero-order valence-corrected chi connectivity index (χ0v) is 12.2. The zero-order chi connectivity index (χ0) is 13.5. The summed E-state index contributed by atoms with van der Waals surface area (Å²) in [7, 11) is 0. The number of aryl methyl sites for hydroxylation is 1. The SMILES string of the molecule is CC[C@@H]1C(CCCCCc2ccccc2)CC[C@@H]1O. The Morgan fingerprint density at radius 1 is 1.05 bits per heavy atom. The molecule has 1 N–H and O–H groups in total. The van der Waals surface area contributed by atoms with Crippen LogP contribution in [0.3, 0.4) is 0 Å². The Labute approximate surface area is 118 Å². The van der Waals surface area contributed by atoms with Gasteiger partial charge in [-0.15, -0.1) is 0 Å². The number of aliphatic hydroxyl groups excluding tert-OH is 1. The molecule has 1 saturated carbocycles. The first-order valence-corrected chi connectivity index (χ1v) is 8.03. The van der Waals surface area contributed by atoms with Gasteiger partial charge >= 0.3 is 0 Å². The van der Waals surface area contributed by atoms with Crippen molar-refractivity contribution < 1.29 is 5.11 Å². The molecule has 0 spiro atoms. The van der Waals surface area contributed by atoms with Gasteiger partial charge in [0.1, 0.15) is 0 Å². The summed E-state index contributed by atoms with van der Waals surface area (Å²) in [6.45, 7) is 2.22. The lowest BCUT2D eigenvalue weighted by Crippen LogP contribution is -2.18. The van der Waals surface area contributed by atoms with Crippen LogP contribution in [0.1, 0.15) is 57.4 Å². The van der Waals surface area contributed by atoms with Gasteiger partial charge in [0, 0.05) is 0 Å². The van der Waals surface area contributed by atoms with Crippen LogP contribution in [-0.4, -0.2) is 11.2 Å². The second kappa shape index (κ2) is 7.69. The van der Waals surface area contributed by atoms with Gasteiger partial charge < -0.3 is 5.11 Å². The minimum Gasteiger partial charge on any atom is -0.393 e. The van der Waals surface area contributed by atoms with Crippen molar-refractivity contribution in [2.45, 2.75) is 64.4 Å². The van der Waals surface area contributed by atoms with Crippen LogP contribution in [0.4, 0.5) is 0 Å². The molecule has 1 aromatic rings. The van der Waals surface area contributed by atoms with Gasteiger partial charge in [0.2, 0.25) is 0 Å². The number of benzene rings is 1. The van der Waals surface area contributed by atoms with E-state index in [2.05, 4.69) is 37.3 Å². The normalized spacial score (nSPS) is 26.7. The van der Waals surface area contributed by atoms with E-state index in [1.54, 1.807) is 0 Å². The fourth-order valence-electron chi connectivity index (χ4n) is 3.65. The van der Waals surface area contributed by atoms with Gasteiger partial charge in [0.05, 0.1) is 6.10 Å². The molecule has 1 fully saturated rings. The summed E-state index contributed by atoms with van der Waals surface area (Å²) in [5.41, 5.74) is 1.46. The maximum Gasteiger partial charge on any atom is 0.0571 e. The van der Waals surface area contributed by atoms with Crippen LogP contribution in [0.25, 0.3) is 0 Å². The maximum atomic E-state index is 9.91. The molecule has 0 saturated heterocycles. The standard InChI is InChI=1S/C18H28O/c1-2-17-16(13-14-18(17)19)12-8-4-7-11-15-9-5-3-6-10-15/h3,5-6,9-10,16-19H,2,4,7-8,11-14H2,1H3/t16?,17-,18+/m1/s1. The lowest BCUT2D eigenvalue weighted by Gasteiger charge is -2.20. The quantitative estimate of drug-likeness (QED) is 0.711. The van der Waals surface area contributed by atoms with Gasteiger partial charge in [-0.3, -0.25) is 0 Å². The van der Waals surface area contributed by atoms with Crippen molar-refractivity contribution in [2.75, 3.05) is 0 Å². The highest BCUT2D eigenvalue weighted by atomic mass is 16.3. The summed E-state index contributed by atoms with van der Waals surface area (Å²) in [5.74, 6) is 1.37. The highest BCUT2D eigenvalue weighted by Gasteiger charge is 2.32. The van der Waals surface area contributed by atoms with Crippen LogP contribution < -0.4 is 0 Å². The summed E-state index contributed by atoms with van der Waals surface area (Å²) in [5, 5.41) is 9.91. The van der Waals surface area contributed by atoms with Crippen molar-refractivity contribution >= 4 is 0 Å². The van der Waals surface area contributed by atoms with Gasteiger partial charge in [-0.05, 0) is 43.1 Å². The summed E-state index contributed by atoms with van der Waals surface area (Å²) < 4.78 is 0. The van der Waals surface area contributed by atoms with Gasteiger partial charge in [-0.25, -0.2) is 0 Å². The minimum atomic E-state index is -0.0145. The average molecular weight is 260 g/mol. The maximum absolute atomic E-state index is 9.91. The number of hydrogen-bond acceptors (Lipinski definition) is 1. The molecule has 1 aliphatic carbocycles. The van der Waals surface area contributed by atoms with Crippen molar-refractivity contribution in [3.63, 3.8) is 0 Å². The topological polar surface area (TPSA) is 20.2 Å². The summed E-state index contributed by atoms with van der Waals surface area (Å²) in [6, 6.07) is 10.8. The van der Waals surface area contributed by atoms with E-state index in [0.717, 1.165) is 18.8 Å². The highest BCUT2D eigenvalue weighted by molar-refractivity contribution is 5.14. The Morgan fingerprint density at radius 2 is 1.84 bits per heavy atom. The van der Waals surface area contributed by atoms with Crippen molar-refractivity contribution in [2.24, 2.45) is 11.8 Å². The predicted octanol–water partition coefficient (Wildman–Crippen LogP) is 4.59. The fraction of sp³-hybridized carbons (Fsp3) is 0.667. The van der Waals surface area contributed by atoms with Crippen LogP contribution >= 0.6 is 0 Å². The highest BCUT2D eigenvalue weighted by Crippen LogP contribution is 2.37. The molecular formula is C18H28O. The molecule has 19 heavy (non-hydrogen) atoms. The van der Waals surface area contributed by atoms with E-state index < -0.39 is 0 Å². The first-order valence-electron chi connectivity index (χ1n) is 8.03. The minimum absolute atomic E-state index is 0.0145. The molecule has 1 heteroatoms. The van der Waals surface area contributed by atoms with E-state index >= 15 is 0 Å². The Balaban J connectivity index is 1.59. The molecule has 0 radical (unpaired) electrons. The molecule has 0 aromatic heterocycles. The predicted molar refractivity (Wildman–Crippen MR) is 81.1 cm³/mol. The van der Waals surface area contributed by atoms with Crippen molar-refractivity contribution in [3.8, 4) is 0 Å². The average Bonchev–Trinajstić information content (AvgIpc) is 2.80. The van der Waals surface area contributed by atoms with Crippen molar-refractivity contribution in [3.05, 3.63) is 35.9 Å². The van der Waals surface area contributed by atoms with E-state index in [1.165, 1.54) is 44.1 Å². The Morgan fingerprint density at radius 3 is 2.58 bits per heavy atom. The third-order valence-corrected chi connectivity index (χ3v) is 4.79. The Kier molecular flexibility index (Phi) is 5.91. The van der Waals surface area contributed by atoms with E-state index in [0.29, 0.717) is 5.92 Å². The molecule has 0 aliphatic heterocycles. The fourth-order valence-corrected chi connectivity index (χ4v) is 3.65. The molecule has 0 heterocycles. The molecular weight excluding hydrogens is 232 g/mol. The Bertz CT molecular complexity index is 346. The van der Waals surface area contributed by atoms with Crippen LogP contribution in [-0.2, 0) is 6.42 Å². The van der Waals surface area contributed by atoms with E-state index in [-0.39, 0.29) is 6.10 Å². The number of aliphatic hydroxyl groups is 1. The number of unbranched alkanes of at least 4 members (excludes halogenated alkanes) is 2. The van der Waals surface area contributed by atoms with Gasteiger partial charge in [0.15, 0.2) is 0 Å². The second-order valence-corrected chi connectivity index (χ2v) is 6.06. The van der Waals surface area contributed by atoms with E-state index in [4.69, 9.17) is 0 Å². The third-order valence-electron chi connectivity index (χ3n) is 4.79. The summed E-state index contributed by atoms with van der Waals surface area (Å²) in [4.78, 5) is 0. The first-order chi connectivity index (χ1) is 9.31. The lowest BCUT2D eigenvalue weighted by atomic mass is 9.88. The lowest BCUT2D eigenvalue weighted by molar-refractivity contribution is 0.112. The molecule has 1 aromatic carbocycles. The first kappa shape index (κ1) is 14.6. The molecule has 1 aliphatic rings.